The quantitative estimate of drug-likeness (QED) is 0.394. The van der Waals surface area contributed by atoms with Gasteiger partial charge in [-0.3, -0.25) is 0 Å². The average Bonchev–Trinajstić information content (AvgIpc) is 1.84. The van der Waals surface area contributed by atoms with E-state index in [-0.39, 0.29) is 0 Å². The molecule has 0 bridgehead atoms. The van der Waals surface area contributed by atoms with E-state index < -0.39 is 5.72 Å². The van der Waals surface area contributed by atoms with E-state index in [1.165, 1.54) is 0 Å². The van der Waals surface area contributed by atoms with Gasteiger partial charge in [-0.05, 0) is 19.8 Å². The topological polar surface area (TPSA) is 52.5 Å². The minimum absolute atomic E-state index is 0.583. The van der Waals surface area contributed by atoms with E-state index >= 15 is 0 Å². The minimum atomic E-state index is -1.10. The second kappa shape index (κ2) is 3.82. The number of hydrogen-bond acceptors (Lipinski definition) is 3. The second-order valence-corrected chi connectivity index (χ2v) is 2.49. The van der Waals surface area contributed by atoms with Crippen LogP contribution in [0.2, 0.25) is 0 Å². The highest BCUT2D eigenvalue weighted by Gasteiger charge is 2.16. The Kier molecular flexibility index (Phi) is 3.77. The van der Waals surface area contributed by atoms with Crippen LogP contribution in [0.25, 0.3) is 0 Å². The van der Waals surface area contributed by atoms with E-state index in [0.717, 1.165) is 12.8 Å². The van der Waals surface area contributed by atoms with Crippen LogP contribution in [0.15, 0.2) is 0 Å². The van der Waals surface area contributed by atoms with Crippen LogP contribution in [-0.4, -0.2) is 16.0 Å². The zero-order chi connectivity index (χ0) is 7.33. The summed E-state index contributed by atoms with van der Waals surface area (Å²) in [6.45, 7) is 3.58. The van der Waals surface area contributed by atoms with Gasteiger partial charge in [0.1, 0.15) is 5.72 Å². The summed E-state index contributed by atoms with van der Waals surface area (Å²) in [6.07, 6.45) is 2.53. The Balaban J connectivity index is 3.33. The summed E-state index contributed by atoms with van der Waals surface area (Å²) in [4.78, 5) is 0. The molecule has 0 saturated carbocycles. The maximum Gasteiger partial charge on any atom is 0.134 e. The number of hydrogen-bond donors (Lipinski definition) is 3. The molecule has 0 aromatic carbocycles. The fraction of sp³-hybridized carbons (Fsp3) is 1.00. The minimum Gasteiger partial charge on any atom is -0.374 e. The molecule has 9 heavy (non-hydrogen) atoms. The predicted octanol–water partition coefficient (Wildman–Crippen LogP) is 0.864. The van der Waals surface area contributed by atoms with Crippen molar-refractivity contribution in [2.45, 2.75) is 38.8 Å². The van der Waals surface area contributed by atoms with E-state index in [4.69, 9.17) is 10.3 Å². The summed E-state index contributed by atoms with van der Waals surface area (Å²) < 4.78 is 0. The van der Waals surface area contributed by atoms with Crippen molar-refractivity contribution in [3.8, 4) is 0 Å². The molecule has 0 radical (unpaired) electrons. The highest BCUT2D eigenvalue weighted by Crippen LogP contribution is 2.07. The fourth-order valence-electron chi connectivity index (χ4n) is 0.577. The molecular formula is C6H15NO2. The maximum absolute atomic E-state index is 9.09. The summed E-state index contributed by atoms with van der Waals surface area (Å²) in [5, 5.41) is 17.4. The van der Waals surface area contributed by atoms with E-state index in [1.54, 1.807) is 6.92 Å². The summed E-state index contributed by atoms with van der Waals surface area (Å²) in [5.74, 6) is 0. The summed E-state index contributed by atoms with van der Waals surface area (Å²) in [5.41, 5.74) is 0.730. The van der Waals surface area contributed by atoms with Gasteiger partial charge in [0.2, 0.25) is 0 Å². The Labute approximate surface area is 55.7 Å². The van der Waals surface area contributed by atoms with E-state index in [9.17, 15) is 0 Å². The van der Waals surface area contributed by atoms with Crippen LogP contribution < -0.4 is 5.48 Å². The van der Waals surface area contributed by atoms with E-state index in [0.29, 0.717) is 6.42 Å². The molecule has 0 aliphatic rings. The number of rotatable bonds is 4. The van der Waals surface area contributed by atoms with Gasteiger partial charge in [-0.1, -0.05) is 13.3 Å². The monoisotopic (exact) mass is 133 g/mol. The van der Waals surface area contributed by atoms with Gasteiger partial charge in [0.05, 0.1) is 0 Å². The van der Waals surface area contributed by atoms with Crippen molar-refractivity contribution in [2.75, 3.05) is 0 Å². The molecule has 0 spiro atoms. The average molecular weight is 133 g/mol. The molecular weight excluding hydrogens is 118 g/mol. The van der Waals surface area contributed by atoms with Gasteiger partial charge in [0.15, 0.2) is 0 Å². The van der Waals surface area contributed by atoms with Crippen molar-refractivity contribution in [3.63, 3.8) is 0 Å². The van der Waals surface area contributed by atoms with Crippen molar-refractivity contribution in [2.24, 2.45) is 0 Å². The van der Waals surface area contributed by atoms with Gasteiger partial charge >= 0.3 is 0 Å². The lowest BCUT2D eigenvalue weighted by Crippen LogP contribution is -2.39. The zero-order valence-corrected chi connectivity index (χ0v) is 6.02. The van der Waals surface area contributed by atoms with Crippen molar-refractivity contribution in [1.82, 2.24) is 5.48 Å². The molecule has 3 heteroatoms. The first-order chi connectivity index (χ1) is 4.12. The summed E-state index contributed by atoms with van der Waals surface area (Å²) in [6, 6.07) is 0. The van der Waals surface area contributed by atoms with E-state index in [1.807, 2.05) is 12.4 Å². The first-order valence-electron chi connectivity index (χ1n) is 3.26. The molecule has 1 atom stereocenters. The maximum atomic E-state index is 9.09. The van der Waals surface area contributed by atoms with Crippen LogP contribution in [0.5, 0.6) is 0 Å². The SMILES string of the molecule is CCCCC(C)(O)NO. The Morgan fingerprint density at radius 1 is 1.56 bits per heavy atom. The molecule has 0 rings (SSSR count). The molecule has 1 unspecified atom stereocenters. The normalized spacial score (nSPS) is 17.3. The van der Waals surface area contributed by atoms with Gasteiger partial charge < -0.3 is 10.3 Å². The van der Waals surface area contributed by atoms with E-state index in [2.05, 4.69) is 0 Å². The Hall–Kier alpha value is -0.120. The number of aliphatic hydroxyl groups is 1. The van der Waals surface area contributed by atoms with Crippen molar-refractivity contribution >= 4 is 0 Å². The molecule has 3 N–H and O–H groups in total. The van der Waals surface area contributed by atoms with Crippen LogP contribution >= 0.6 is 0 Å². The van der Waals surface area contributed by atoms with Crippen molar-refractivity contribution < 1.29 is 10.3 Å². The first-order valence-corrected chi connectivity index (χ1v) is 3.26. The van der Waals surface area contributed by atoms with Crippen LogP contribution in [-0.2, 0) is 0 Å². The van der Waals surface area contributed by atoms with Crippen molar-refractivity contribution in [1.29, 1.82) is 0 Å². The lowest BCUT2D eigenvalue weighted by atomic mass is 10.1. The number of hydroxylamine groups is 1. The molecule has 0 heterocycles. The third kappa shape index (κ3) is 4.39. The van der Waals surface area contributed by atoms with Crippen LogP contribution in [0.4, 0.5) is 0 Å². The highest BCUT2D eigenvalue weighted by molar-refractivity contribution is 4.62. The molecule has 0 aliphatic carbocycles. The molecule has 56 valence electrons. The van der Waals surface area contributed by atoms with Gasteiger partial charge in [0.25, 0.3) is 0 Å². The second-order valence-electron chi connectivity index (χ2n) is 2.49. The highest BCUT2D eigenvalue weighted by atomic mass is 16.5. The lowest BCUT2D eigenvalue weighted by molar-refractivity contribution is -0.0856. The smallest absolute Gasteiger partial charge is 0.134 e. The molecule has 0 aliphatic heterocycles. The molecule has 3 nitrogen and oxygen atoms in total. The molecule has 0 fully saturated rings. The Morgan fingerprint density at radius 3 is 2.44 bits per heavy atom. The van der Waals surface area contributed by atoms with Gasteiger partial charge in [-0.15, -0.1) is 0 Å². The third-order valence-corrected chi connectivity index (χ3v) is 1.26. The zero-order valence-electron chi connectivity index (χ0n) is 6.02. The first kappa shape index (κ1) is 8.88. The molecule has 0 amide bonds. The van der Waals surface area contributed by atoms with Gasteiger partial charge in [-0.25, -0.2) is 0 Å². The number of nitrogens with one attached hydrogen (secondary N) is 1. The lowest BCUT2D eigenvalue weighted by Gasteiger charge is -2.19. The standard InChI is InChI=1S/C6H15NO2/c1-3-4-5-6(2,8)7-9/h7-9H,3-5H2,1-2H3. The largest absolute Gasteiger partial charge is 0.374 e. The predicted molar refractivity (Wildman–Crippen MR) is 35.1 cm³/mol. The molecule has 0 aromatic heterocycles. The Bertz CT molecular complexity index is 73.5. The van der Waals surface area contributed by atoms with Gasteiger partial charge in [-0.2, -0.15) is 5.48 Å². The van der Waals surface area contributed by atoms with Crippen molar-refractivity contribution in [3.05, 3.63) is 0 Å². The van der Waals surface area contributed by atoms with Crippen LogP contribution in [0.1, 0.15) is 33.1 Å². The summed E-state index contributed by atoms with van der Waals surface area (Å²) in [7, 11) is 0. The Morgan fingerprint density at radius 2 is 2.11 bits per heavy atom. The fourth-order valence-corrected chi connectivity index (χ4v) is 0.577. The van der Waals surface area contributed by atoms with Crippen LogP contribution in [0, 0.1) is 0 Å². The third-order valence-electron chi connectivity index (χ3n) is 1.26. The van der Waals surface area contributed by atoms with Gasteiger partial charge in [0, 0.05) is 0 Å². The van der Waals surface area contributed by atoms with Crippen LogP contribution in [0.3, 0.4) is 0 Å². The molecule has 0 saturated heterocycles. The summed E-state index contributed by atoms with van der Waals surface area (Å²) >= 11 is 0. The number of unbranched alkanes of at least 4 members (excludes halogenated alkanes) is 1. The molecule has 0 aromatic rings.